The third-order valence-corrected chi connectivity index (χ3v) is 2.12. The van der Waals surface area contributed by atoms with Crippen molar-refractivity contribution in [2.45, 2.75) is 0 Å². The molecule has 0 unspecified atom stereocenters. The summed E-state index contributed by atoms with van der Waals surface area (Å²) in [4.78, 5) is 19.2. The van der Waals surface area contributed by atoms with E-state index in [1.54, 1.807) is 19.3 Å². The summed E-state index contributed by atoms with van der Waals surface area (Å²) in [7, 11) is 1.66. The van der Waals surface area contributed by atoms with Crippen molar-refractivity contribution in [2.24, 2.45) is 7.05 Å². The van der Waals surface area contributed by atoms with Gasteiger partial charge >= 0.3 is 0 Å². The first-order valence-corrected chi connectivity index (χ1v) is 4.04. The number of hydrogen-bond acceptors (Lipinski definition) is 3. The minimum Gasteiger partial charge on any atom is -0.317 e. The number of aryl methyl sites for hydroxylation is 1. The molecule has 0 aliphatic heterocycles. The van der Waals surface area contributed by atoms with Crippen molar-refractivity contribution >= 4 is 22.5 Å². The quantitative estimate of drug-likeness (QED) is 0.589. The molecular weight excluding hydrogens is 190 g/mol. The first-order valence-electron chi connectivity index (χ1n) is 3.66. The number of nitrogens with zero attached hydrogens (tertiary/aromatic N) is 3. The van der Waals surface area contributed by atoms with E-state index in [9.17, 15) is 4.79 Å². The molecule has 2 rings (SSSR count). The fourth-order valence-electron chi connectivity index (χ4n) is 1.11. The summed E-state index contributed by atoms with van der Waals surface area (Å²) < 4.78 is 1.45. The monoisotopic (exact) mass is 195 g/mol. The Kier molecular flexibility index (Phi) is 1.77. The number of halogens is 1. The number of rotatable bonds is 0. The van der Waals surface area contributed by atoms with E-state index < -0.39 is 0 Å². The molecule has 0 aliphatic rings. The van der Waals surface area contributed by atoms with Crippen LogP contribution in [0.25, 0.3) is 10.9 Å². The van der Waals surface area contributed by atoms with E-state index in [1.165, 1.54) is 10.9 Å². The molecule has 0 fully saturated rings. The highest BCUT2D eigenvalue weighted by Gasteiger charge is 2.04. The highest BCUT2D eigenvalue weighted by atomic mass is 35.5. The summed E-state index contributed by atoms with van der Waals surface area (Å²) in [6.07, 6.45) is 2.92. The Hall–Kier alpha value is -1.42. The van der Waals surface area contributed by atoms with Gasteiger partial charge in [0.15, 0.2) is 0 Å². The topological polar surface area (TPSA) is 47.8 Å². The Morgan fingerprint density at radius 2 is 2.23 bits per heavy atom. The number of fused-ring (bicyclic) bond motifs is 1. The van der Waals surface area contributed by atoms with E-state index in [-0.39, 0.29) is 5.56 Å². The molecule has 13 heavy (non-hydrogen) atoms. The zero-order chi connectivity index (χ0) is 9.42. The normalized spacial score (nSPS) is 10.6. The lowest BCUT2D eigenvalue weighted by molar-refractivity contribution is 0.868. The Balaban J connectivity index is 3.03. The molecule has 0 spiro atoms. The minimum atomic E-state index is -0.165. The maximum absolute atomic E-state index is 11.5. The van der Waals surface area contributed by atoms with Crippen LogP contribution in [0.3, 0.4) is 0 Å². The van der Waals surface area contributed by atoms with Crippen LogP contribution >= 0.6 is 11.6 Å². The van der Waals surface area contributed by atoms with Crippen LogP contribution in [0.4, 0.5) is 0 Å². The molecule has 2 aromatic rings. The van der Waals surface area contributed by atoms with Crippen molar-refractivity contribution in [2.75, 3.05) is 0 Å². The SMILES string of the molecule is Cn1ccc2c(Cl)ncnc2c1=O. The van der Waals surface area contributed by atoms with Gasteiger partial charge in [-0.25, -0.2) is 9.97 Å². The number of hydrogen-bond donors (Lipinski definition) is 0. The maximum atomic E-state index is 11.5. The first kappa shape index (κ1) is 8.19. The molecule has 0 atom stereocenters. The third kappa shape index (κ3) is 1.19. The van der Waals surface area contributed by atoms with Crippen molar-refractivity contribution in [3.8, 4) is 0 Å². The number of pyridine rings is 1. The van der Waals surface area contributed by atoms with Crippen LogP contribution < -0.4 is 5.56 Å². The van der Waals surface area contributed by atoms with Crippen LogP contribution in [0.5, 0.6) is 0 Å². The van der Waals surface area contributed by atoms with Gasteiger partial charge in [0.2, 0.25) is 0 Å². The maximum Gasteiger partial charge on any atom is 0.276 e. The molecule has 0 radical (unpaired) electrons. The highest BCUT2D eigenvalue weighted by molar-refractivity contribution is 6.33. The second-order valence-electron chi connectivity index (χ2n) is 2.66. The molecule has 0 saturated heterocycles. The molecule has 0 saturated carbocycles. The smallest absolute Gasteiger partial charge is 0.276 e. The Labute approximate surface area is 78.8 Å². The van der Waals surface area contributed by atoms with Crippen LogP contribution in [-0.2, 0) is 7.05 Å². The van der Waals surface area contributed by atoms with E-state index >= 15 is 0 Å². The second kappa shape index (κ2) is 2.81. The van der Waals surface area contributed by atoms with Crippen LogP contribution in [0.15, 0.2) is 23.4 Å². The van der Waals surface area contributed by atoms with Gasteiger partial charge in [0.1, 0.15) is 17.0 Å². The van der Waals surface area contributed by atoms with Gasteiger partial charge in [0.05, 0.1) is 0 Å². The molecular formula is C8H6ClN3O. The standard InChI is InChI=1S/C8H6ClN3O/c1-12-3-2-5-6(8(12)13)10-4-11-7(5)9/h2-4H,1H3. The van der Waals surface area contributed by atoms with Crippen LogP contribution in [0.1, 0.15) is 0 Å². The number of aromatic nitrogens is 3. The van der Waals surface area contributed by atoms with Gasteiger partial charge in [-0.2, -0.15) is 0 Å². The fraction of sp³-hybridized carbons (Fsp3) is 0.125. The summed E-state index contributed by atoms with van der Waals surface area (Å²) in [5.41, 5.74) is 0.187. The van der Waals surface area contributed by atoms with E-state index in [0.717, 1.165) is 0 Å². The lowest BCUT2D eigenvalue weighted by Gasteiger charge is -1.99. The fourth-order valence-corrected chi connectivity index (χ4v) is 1.31. The Bertz CT molecular complexity index is 520. The Morgan fingerprint density at radius 1 is 1.46 bits per heavy atom. The molecule has 2 heterocycles. The van der Waals surface area contributed by atoms with E-state index in [2.05, 4.69) is 9.97 Å². The van der Waals surface area contributed by atoms with Gasteiger partial charge < -0.3 is 4.57 Å². The van der Waals surface area contributed by atoms with Crippen molar-refractivity contribution < 1.29 is 0 Å². The van der Waals surface area contributed by atoms with Crippen molar-refractivity contribution in [1.29, 1.82) is 0 Å². The zero-order valence-corrected chi connectivity index (χ0v) is 7.62. The van der Waals surface area contributed by atoms with Gasteiger partial charge in [-0.15, -0.1) is 0 Å². The van der Waals surface area contributed by atoms with Gasteiger partial charge in [-0.1, -0.05) is 11.6 Å². The van der Waals surface area contributed by atoms with Gasteiger partial charge in [-0.05, 0) is 6.07 Å². The molecule has 0 bridgehead atoms. The first-order chi connectivity index (χ1) is 6.20. The zero-order valence-electron chi connectivity index (χ0n) is 6.86. The summed E-state index contributed by atoms with van der Waals surface area (Å²) in [6, 6.07) is 1.72. The Morgan fingerprint density at radius 3 is 3.00 bits per heavy atom. The molecule has 0 aliphatic carbocycles. The molecule has 66 valence electrons. The molecule has 4 nitrogen and oxygen atoms in total. The average Bonchev–Trinajstić information content (AvgIpc) is 2.12. The van der Waals surface area contributed by atoms with Crippen molar-refractivity contribution in [3.63, 3.8) is 0 Å². The van der Waals surface area contributed by atoms with Crippen LogP contribution in [0, 0.1) is 0 Å². The molecule has 5 heteroatoms. The summed E-state index contributed by atoms with van der Waals surface area (Å²) >= 11 is 5.78. The molecule has 0 N–H and O–H groups in total. The third-order valence-electron chi connectivity index (χ3n) is 1.82. The van der Waals surface area contributed by atoms with Crippen LogP contribution in [-0.4, -0.2) is 14.5 Å². The highest BCUT2D eigenvalue weighted by Crippen LogP contribution is 2.14. The summed E-state index contributed by atoms with van der Waals surface area (Å²) in [5, 5.41) is 0.898. The van der Waals surface area contributed by atoms with E-state index in [0.29, 0.717) is 16.1 Å². The summed E-state index contributed by atoms with van der Waals surface area (Å²) in [6.45, 7) is 0. The van der Waals surface area contributed by atoms with Crippen molar-refractivity contribution in [1.82, 2.24) is 14.5 Å². The predicted molar refractivity (Wildman–Crippen MR) is 49.8 cm³/mol. The van der Waals surface area contributed by atoms with E-state index in [4.69, 9.17) is 11.6 Å². The van der Waals surface area contributed by atoms with Gasteiger partial charge in [0, 0.05) is 18.6 Å². The molecule has 0 aromatic carbocycles. The van der Waals surface area contributed by atoms with Crippen molar-refractivity contribution in [3.05, 3.63) is 34.1 Å². The predicted octanol–water partition coefficient (Wildman–Crippen LogP) is 0.982. The lowest BCUT2D eigenvalue weighted by Crippen LogP contribution is -2.16. The lowest BCUT2D eigenvalue weighted by atomic mass is 10.3. The largest absolute Gasteiger partial charge is 0.317 e. The minimum absolute atomic E-state index is 0.165. The second-order valence-corrected chi connectivity index (χ2v) is 3.02. The molecule has 0 amide bonds. The summed E-state index contributed by atoms with van der Waals surface area (Å²) in [5.74, 6) is 0. The molecule has 2 aromatic heterocycles. The van der Waals surface area contributed by atoms with Gasteiger partial charge in [-0.3, -0.25) is 4.79 Å². The van der Waals surface area contributed by atoms with E-state index in [1.807, 2.05) is 0 Å². The van der Waals surface area contributed by atoms with Gasteiger partial charge in [0.25, 0.3) is 5.56 Å². The average molecular weight is 196 g/mol. The van der Waals surface area contributed by atoms with Crippen LogP contribution in [0.2, 0.25) is 5.15 Å².